The van der Waals surface area contributed by atoms with Crippen molar-refractivity contribution in [2.45, 2.75) is 45.1 Å². The molecule has 3 rings (SSSR count). The first-order valence-corrected chi connectivity index (χ1v) is 12.3. The molecule has 1 fully saturated rings. The van der Waals surface area contributed by atoms with Crippen molar-refractivity contribution in [3.05, 3.63) is 58.1 Å². The summed E-state index contributed by atoms with van der Waals surface area (Å²) >= 11 is 6.50. The van der Waals surface area contributed by atoms with Gasteiger partial charge >= 0.3 is 5.97 Å². The molecular weight excluding hydrogens is 468 g/mol. The van der Waals surface area contributed by atoms with Gasteiger partial charge in [0.1, 0.15) is 12.0 Å². The van der Waals surface area contributed by atoms with Crippen molar-refractivity contribution in [3.8, 4) is 5.75 Å². The van der Waals surface area contributed by atoms with Crippen LogP contribution in [-0.4, -0.2) is 38.9 Å². The van der Waals surface area contributed by atoms with Crippen molar-refractivity contribution < 1.29 is 23.9 Å². The van der Waals surface area contributed by atoms with Crippen LogP contribution in [0.15, 0.2) is 36.4 Å². The van der Waals surface area contributed by atoms with E-state index in [-0.39, 0.29) is 23.8 Å². The summed E-state index contributed by atoms with van der Waals surface area (Å²) in [6.07, 6.45) is 4.57. The van der Waals surface area contributed by atoms with E-state index < -0.39 is 0 Å². The van der Waals surface area contributed by atoms with Gasteiger partial charge < -0.3 is 24.9 Å². The lowest BCUT2D eigenvalue weighted by Gasteiger charge is -2.27. The number of carbonyl (C=O) groups excluding carboxylic acids is 3. The Hall–Kier alpha value is -3.06. The highest BCUT2D eigenvalue weighted by atomic mass is 35.5. The van der Waals surface area contributed by atoms with Crippen molar-refractivity contribution in [1.82, 2.24) is 5.32 Å². The highest BCUT2D eigenvalue weighted by molar-refractivity contribution is 6.33. The molecule has 35 heavy (non-hydrogen) atoms. The van der Waals surface area contributed by atoms with E-state index in [1.807, 2.05) is 25.1 Å². The molecule has 2 aromatic rings. The molecule has 0 saturated heterocycles. The van der Waals surface area contributed by atoms with E-state index in [9.17, 15) is 14.4 Å². The molecule has 0 spiro atoms. The number of aldehydes is 1. The summed E-state index contributed by atoms with van der Waals surface area (Å²) in [5.74, 6) is 0.720. The van der Waals surface area contributed by atoms with Gasteiger partial charge in [-0.2, -0.15) is 0 Å². The predicted molar refractivity (Wildman–Crippen MR) is 136 cm³/mol. The number of amides is 1. The SMILES string of the molecule is COC(=O)C1CCC(CNC(=O)c2ccc(NC(C)c3cc(CC=O)ccc3OC)c(Cl)c2)CC1. The van der Waals surface area contributed by atoms with Gasteiger partial charge in [0.05, 0.1) is 36.9 Å². The normalized spacial score (nSPS) is 18.3. The summed E-state index contributed by atoms with van der Waals surface area (Å²) in [6.45, 7) is 2.55. The zero-order valence-electron chi connectivity index (χ0n) is 20.4. The average molecular weight is 501 g/mol. The molecule has 0 radical (unpaired) electrons. The lowest BCUT2D eigenvalue weighted by molar-refractivity contribution is -0.146. The third-order valence-electron chi connectivity index (χ3n) is 6.62. The first kappa shape index (κ1) is 26.5. The number of carbonyl (C=O) groups is 3. The second-order valence-electron chi connectivity index (χ2n) is 8.96. The summed E-state index contributed by atoms with van der Waals surface area (Å²) in [5, 5.41) is 6.80. The molecule has 0 heterocycles. The van der Waals surface area contributed by atoms with Crippen LogP contribution in [0.4, 0.5) is 5.69 Å². The van der Waals surface area contributed by atoms with E-state index in [2.05, 4.69) is 10.6 Å². The van der Waals surface area contributed by atoms with Gasteiger partial charge in [0, 0.05) is 24.1 Å². The molecule has 0 aromatic heterocycles. The molecule has 2 N–H and O–H groups in total. The number of halogens is 1. The first-order valence-electron chi connectivity index (χ1n) is 11.9. The molecule has 1 saturated carbocycles. The number of nitrogens with one attached hydrogen (secondary N) is 2. The molecule has 188 valence electrons. The van der Waals surface area contributed by atoms with Crippen LogP contribution < -0.4 is 15.4 Å². The Bertz CT molecular complexity index is 1050. The Kier molecular flexibility index (Phi) is 9.55. The minimum absolute atomic E-state index is 0.0272. The third-order valence-corrected chi connectivity index (χ3v) is 6.93. The molecule has 1 unspecified atom stereocenters. The zero-order valence-corrected chi connectivity index (χ0v) is 21.2. The van der Waals surface area contributed by atoms with Crippen LogP contribution in [0.3, 0.4) is 0 Å². The Balaban J connectivity index is 1.58. The van der Waals surface area contributed by atoms with Crippen LogP contribution in [0.1, 0.15) is 60.1 Å². The molecule has 0 bridgehead atoms. The van der Waals surface area contributed by atoms with Gasteiger partial charge in [-0.15, -0.1) is 0 Å². The van der Waals surface area contributed by atoms with Gasteiger partial charge in [-0.05, 0) is 74.4 Å². The molecule has 1 atom stereocenters. The highest BCUT2D eigenvalue weighted by Gasteiger charge is 2.27. The molecule has 0 aliphatic heterocycles. The molecule has 1 aliphatic carbocycles. The molecule has 1 aliphatic rings. The number of rotatable bonds is 10. The van der Waals surface area contributed by atoms with Gasteiger partial charge in [-0.3, -0.25) is 9.59 Å². The Morgan fingerprint density at radius 3 is 2.49 bits per heavy atom. The van der Waals surface area contributed by atoms with Crippen LogP contribution >= 0.6 is 11.6 Å². The number of hydrogen-bond acceptors (Lipinski definition) is 6. The van der Waals surface area contributed by atoms with Gasteiger partial charge in [0.2, 0.25) is 0 Å². The van der Waals surface area contributed by atoms with Crippen LogP contribution in [0.5, 0.6) is 5.75 Å². The van der Waals surface area contributed by atoms with E-state index in [4.69, 9.17) is 21.1 Å². The fourth-order valence-electron chi connectivity index (χ4n) is 4.54. The van der Waals surface area contributed by atoms with Crippen molar-refractivity contribution >= 4 is 35.5 Å². The summed E-state index contributed by atoms with van der Waals surface area (Å²) in [4.78, 5) is 35.3. The van der Waals surface area contributed by atoms with Crippen LogP contribution in [-0.2, 0) is 20.7 Å². The van der Waals surface area contributed by atoms with Crippen LogP contribution in [0, 0.1) is 11.8 Å². The van der Waals surface area contributed by atoms with Crippen molar-refractivity contribution in [2.75, 3.05) is 26.1 Å². The lowest BCUT2D eigenvalue weighted by Crippen LogP contribution is -2.32. The molecule has 2 aromatic carbocycles. The zero-order chi connectivity index (χ0) is 25.4. The smallest absolute Gasteiger partial charge is 0.308 e. The van der Waals surface area contributed by atoms with Crippen molar-refractivity contribution in [2.24, 2.45) is 11.8 Å². The molecule has 7 nitrogen and oxygen atoms in total. The second kappa shape index (κ2) is 12.6. The first-order chi connectivity index (χ1) is 16.9. The summed E-state index contributed by atoms with van der Waals surface area (Å²) in [7, 11) is 3.03. The monoisotopic (exact) mass is 500 g/mol. The summed E-state index contributed by atoms with van der Waals surface area (Å²) in [5.41, 5.74) is 3.00. The van der Waals surface area contributed by atoms with E-state index in [0.717, 1.165) is 43.1 Å². The lowest BCUT2D eigenvalue weighted by atomic mass is 9.82. The number of hydrogen-bond donors (Lipinski definition) is 2. The third kappa shape index (κ3) is 6.98. The molecular formula is C27H33ClN2O5. The number of benzene rings is 2. The summed E-state index contributed by atoms with van der Waals surface area (Å²) in [6, 6.07) is 10.7. The maximum atomic E-state index is 12.7. The Labute approximate surface area is 211 Å². The topological polar surface area (TPSA) is 93.7 Å². The summed E-state index contributed by atoms with van der Waals surface area (Å²) < 4.78 is 10.3. The minimum atomic E-state index is -0.176. The van der Waals surface area contributed by atoms with Gasteiger partial charge in [-0.25, -0.2) is 0 Å². The molecule has 8 heteroatoms. The average Bonchev–Trinajstić information content (AvgIpc) is 2.88. The van der Waals surface area contributed by atoms with Gasteiger partial charge in [-0.1, -0.05) is 17.7 Å². The van der Waals surface area contributed by atoms with Crippen LogP contribution in [0.25, 0.3) is 0 Å². The predicted octanol–water partition coefficient (Wildman–Crippen LogP) is 4.97. The quantitative estimate of drug-likeness (QED) is 0.353. The maximum Gasteiger partial charge on any atom is 0.308 e. The van der Waals surface area contributed by atoms with E-state index in [1.54, 1.807) is 25.3 Å². The van der Waals surface area contributed by atoms with E-state index in [0.29, 0.717) is 40.9 Å². The van der Waals surface area contributed by atoms with Gasteiger partial charge in [0.25, 0.3) is 5.91 Å². The Morgan fingerprint density at radius 2 is 1.86 bits per heavy atom. The fourth-order valence-corrected chi connectivity index (χ4v) is 4.77. The van der Waals surface area contributed by atoms with Crippen molar-refractivity contribution in [1.29, 1.82) is 0 Å². The number of ether oxygens (including phenoxy) is 2. The second-order valence-corrected chi connectivity index (χ2v) is 9.37. The number of methoxy groups -OCH3 is 2. The number of anilines is 1. The largest absolute Gasteiger partial charge is 0.496 e. The number of esters is 1. The standard InChI is InChI=1S/C27H33ClN2O5/c1-17(22-14-18(12-13-31)6-11-25(22)34-2)30-24-10-9-21(15-23(24)28)26(32)29-16-19-4-7-20(8-5-19)27(33)35-3/h6,9-11,13-15,17,19-20,30H,4-5,7-8,12,16H2,1-3H3,(H,29,32). The van der Waals surface area contributed by atoms with Crippen molar-refractivity contribution in [3.63, 3.8) is 0 Å². The maximum absolute atomic E-state index is 12.7. The highest BCUT2D eigenvalue weighted by Crippen LogP contribution is 2.32. The van der Waals surface area contributed by atoms with E-state index >= 15 is 0 Å². The minimum Gasteiger partial charge on any atom is -0.496 e. The van der Waals surface area contributed by atoms with E-state index in [1.165, 1.54) is 7.11 Å². The van der Waals surface area contributed by atoms with Gasteiger partial charge in [0.15, 0.2) is 0 Å². The fraction of sp³-hybridized carbons (Fsp3) is 0.444. The Morgan fingerprint density at radius 1 is 1.11 bits per heavy atom. The molecule has 1 amide bonds. The van der Waals surface area contributed by atoms with Crippen LogP contribution in [0.2, 0.25) is 5.02 Å².